The summed E-state index contributed by atoms with van der Waals surface area (Å²) < 4.78 is 0. The Kier molecular flexibility index (Phi) is 4.78. The van der Waals surface area contributed by atoms with Gasteiger partial charge in [-0.15, -0.1) is 0 Å². The summed E-state index contributed by atoms with van der Waals surface area (Å²) in [5.41, 5.74) is 0.637. The highest BCUT2D eigenvalue weighted by Crippen LogP contribution is 2.14. The lowest BCUT2D eigenvalue weighted by atomic mass is 10.2. The Balaban J connectivity index is 1.91. The number of carbonyl (C=O) groups is 1. The van der Waals surface area contributed by atoms with Crippen molar-refractivity contribution in [2.75, 3.05) is 32.7 Å². The second-order valence-electron chi connectivity index (χ2n) is 4.55. The van der Waals surface area contributed by atoms with Crippen molar-refractivity contribution in [3.8, 4) is 6.07 Å². The van der Waals surface area contributed by atoms with Gasteiger partial charge in [0, 0.05) is 49.7 Å². The van der Waals surface area contributed by atoms with E-state index >= 15 is 0 Å². The Morgan fingerprint density at radius 1 is 1.32 bits per heavy atom. The molecule has 0 bridgehead atoms. The van der Waals surface area contributed by atoms with Gasteiger partial charge in [0.1, 0.15) is 0 Å². The van der Waals surface area contributed by atoms with Gasteiger partial charge in [-0.2, -0.15) is 5.26 Å². The van der Waals surface area contributed by atoms with E-state index in [-0.39, 0.29) is 5.91 Å². The molecule has 19 heavy (non-hydrogen) atoms. The molecule has 100 valence electrons. The van der Waals surface area contributed by atoms with Crippen molar-refractivity contribution in [1.82, 2.24) is 9.80 Å². The topological polar surface area (TPSA) is 47.3 Å². The summed E-state index contributed by atoms with van der Waals surface area (Å²) in [4.78, 5) is 16.3. The minimum atomic E-state index is 0.0300. The molecule has 2 rings (SSSR count). The summed E-state index contributed by atoms with van der Waals surface area (Å²) in [5, 5.41) is 9.14. The van der Waals surface area contributed by atoms with Gasteiger partial charge in [0.2, 0.25) is 0 Å². The standard InChI is InChI=1S/C14H16ClN3O/c15-13-4-1-3-12(11-13)14(19)18-9-7-17(8-10-18)6-2-5-16/h1,3-4,11H,2,6-10H2. The zero-order valence-corrected chi connectivity index (χ0v) is 11.4. The first-order valence-electron chi connectivity index (χ1n) is 6.35. The van der Waals surface area contributed by atoms with E-state index in [2.05, 4.69) is 11.0 Å². The molecule has 0 spiro atoms. The SMILES string of the molecule is N#CCCN1CCN(C(=O)c2cccc(Cl)c2)CC1. The van der Waals surface area contributed by atoms with E-state index in [0.29, 0.717) is 30.1 Å². The first kappa shape index (κ1) is 13.9. The Bertz CT molecular complexity index is 490. The lowest BCUT2D eigenvalue weighted by Crippen LogP contribution is -2.48. The highest BCUT2D eigenvalue weighted by atomic mass is 35.5. The smallest absolute Gasteiger partial charge is 0.253 e. The Morgan fingerprint density at radius 2 is 2.05 bits per heavy atom. The lowest BCUT2D eigenvalue weighted by molar-refractivity contribution is 0.0639. The molecule has 0 aliphatic carbocycles. The summed E-state index contributed by atoms with van der Waals surface area (Å²) >= 11 is 5.90. The first-order valence-corrected chi connectivity index (χ1v) is 6.72. The van der Waals surface area contributed by atoms with Gasteiger partial charge in [-0.05, 0) is 18.2 Å². The molecule has 0 radical (unpaired) electrons. The number of hydrogen-bond donors (Lipinski definition) is 0. The van der Waals surface area contributed by atoms with E-state index in [1.54, 1.807) is 24.3 Å². The third-order valence-electron chi connectivity index (χ3n) is 3.27. The summed E-state index contributed by atoms with van der Waals surface area (Å²) in [7, 11) is 0. The maximum absolute atomic E-state index is 12.3. The summed E-state index contributed by atoms with van der Waals surface area (Å²) in [6.07, 6.45) is 0.544. The number of rotatable bonds is 3. The number of piperazine rings is 1. The number of hydrogen-bond acceptors (Lipinski definition) is 3. The summed E-state index contributed by atoms with van der Waals surface area (Å²) in [5.74, 6) is 0.0300. The van der Waals surface area contributed by atoms with E-state index in [1.807, 2.05) is 4.90 Å². The highest BCUT2D eigenvalue weighted by Gasteiger charge is 2.21. The summed E-state index contributed by atoms with van der Waals surface area (Å²) in [6, 6.07) is 9.18. The van der Waals surface area contributed by atoms with Gasteiger partial charge in [-0.1, -0.05) is 17.7 Å². The van der Waals surface area contributed by atoms with Crippen LogP contribution >= 0.6 is 11.6 Å². The van der Waals surface area contributed by atoms with Crippen LogP contribution in [-0.2, 0) is 0 Å². The lowest BCUT2D eigenvalue weighted by Gasteiger charge is -2.34. The van der Waals surface area contributed by atoms with E-state index < -0.39 is 0 Å². The molecule has 4 nitrogen and oxygen atoms in total. The number of halogens is 1. The molecule has 1 aromatic rings. The predicted octanol–water partition coefficient (Wildman–Crippen LogP) is 2.01. The van der Waals surface area contributed by atoms with Crippen molar-refractivity contribution >= 4 is 17.5 Å². The van der Waals surface area contributed by atoms with Gasteiger partial charge in [-0.25, -0.2) is 0 Å². The molecular weight excluding hydrogens is 262 g/mol. The zero-order chi connectivity index (χ0) is 13.7. The molecule has 1 aromatic carbocycles. The van der Waals surface area contributed by atoms with Gasteiger partial charge < -0.3 is 4.90 Å². The van der Waals surface area contributed by atoms with Crippen molar-refractivity contribution in [2.24, 2.45) is 0 Å². The van der Waals surface area contributed by atoms with Crippen LogP contribution in [0.4, 0.5) is 0 Å². The quantitative estimate of drug-likeness (QED) is 0.849. The van der Waals surface area contributed by atoms with Crippen LogP contribution in [0.2, 0.25) is 5.02 Å². The molecule has 1 aliphatic heterocycles. The molecule has 0 aromatic heterocycles. The van der Waals surface area contributed by atoms with E-state index in [1.165, 1.54) is 0 Å². The third kappa shape index (κ3) is 3.69. The normalized spacial score (nSPS) is 16.1. The molecule has 0 saturated carbocycles. The zero-order valence-electron chi connectivity index (χ0n) is 10.7. The number of nitriles is 1. The van der Waals surface area contributed by atoms with Gasteiger partial charge in [0.05, 0.1) is 6.07 Å². The molecule has 0 unspecified atom stereocenters. The van der Waals surface area contributed by atoms with Crippen LogP contribution in [-0.4, -0.2) is 48.4 Å². The fourth-order valence-electron chi connectivity index (χ4n) is 2.19. The largest absolute Gasteiger partial charge is 0.336 e. The maximum atomic E-state index is 12.3. The van der Waals surface area contributed by atoms with Crippen molar-refractivity contribution in [2.45, 2.75) is 6.42 Å². The number of amides is 1. The fraction of sp³-hybridized carbons (Fsp3) is 0.429. The van der Waals surface area contributed by atoms with E-state index in [0.717, 1.165) is 19.6 Å². The number of nitrogens with zero attached hydrogens (tertiary/aromatic N) is 3. The van der Waals surface area contributed by atoms with Crippen LogP contribution in [0.5, 0.6) is 0 Å². The Hall–Kier alpha value is -1.57. The molecular formula is C14H16ClN3O. The number of benzene rings is 1. The second kappa shape index (κ2) is 6.55. The van der Waals surface area contributed by atoms with E-state index in [4.69, 9.17) is 16.9 Å². The van der Waals surface area contributed by atoms with Crippen LogP contribution in [0.3, 0.4) is 0 Å². The Labute approximate surface area is 118 Å². The molecule has 5 heteroatoms. The first-order chi connectivity index (χ1) is 9.20. The fourth-order valence-corrected chi connectivity index (χ4v) is 2.38. The monoisotopic (exact) mass is 277 g/mol. The average molecular weight is 278 g/mol. The minimum Gasteiger partial charge on any atom is -0.336 e. The van der Waals surface area contributed by atoms with Gasteiger partial charge >= 0.3 is 0 Å². The van der Waals surface area contributed by atoms with Crippen molar-refractivity contribution in [3.05, 3.63) is 34.9 Å². The van der Waals surface area contributed by atoms with Crippen LogP contribution < -0.4 is 0 Å². The Morgan fingerprint density at radius 3 is 2.68 bits per heavy atom. The van der Waals surface area contributed by atoms with Gasteiger partial charge in [0.15, 0.2) is 0 Å². The number of carbonyl (C=O) groups excluding carboxylic acids is 1. The highest BCUT2D eigenvalue weighted by molar-refractivity contribution is 6.30. The molecule has 0 atom stereocenters. The molecule has 0 N–H and O–H groups in total. The molecule has 1 heterocycles. The van der Waals surface area contributed by atoms with Crippen LogP contribution in [0.1, 0.15) is 16.8 Å². The summed E-state index contributed by atoms with van der Waals surface area (Å²) in [6.45, 7) is 3.85. The van der Waals surface area contributed by atoms with Crippen molar-refractivity contribution < 1.29 is 4.79 Å². The average Bonchev–Trinajstić information content (AvgIpc) is 2.45. The molecule has 1 amide bonds. The minimum absolute atomic E-state index is 0.0300. The maximum Gasteiger partial charge on any atom is 0.253 e. The van der Waals surface area contributed by atoms with Crippen molar-refractivity contribution in [1.29, 1.82) is 5.26 Å². The van der Waals surface area contributed by atoms with E-state index in [9.17, 15) is 4.79 Å². The second-order valence-corrected chi connectivity index (χ2v) is 4.99. The van der Waals surface area contributed by atoms with Gasteiger partial charge in [0.25, 0.3) is 5.91 Å². The van der Waals surface area contributed by atoms with Crippen LogP contribution in [0, 0.1) is 11.3 Å². The van der Waals surface area contributed by atoms with Crippen LogP contribution in [0.25, 0.3) is 0 Å². The van der Waals surface area contributed by atoms with Gasteiger partial charge in [-0.3, -0.25) is 9.69 Å². The third-order valence-corrected chi connectivity index (χ3v) is 3.51. The molecule has 1 aliphatic rings. The van der Waals surface area contributed by atoms with Crippen molar-refractivity contribution in [3.63, 3.8) is 0 Å². The predicted molar refractivity (Wildman–Crippen MR) is 74.0 cm³/mol. The van der Waals surface area contributed by atoms with Crippen LogP contribution in [0.15, 0.2) is 24.3 Å². The molecule has 1 saturated heterocycles. The molecule has 1 fully saturated rings.